The Hall–Kier alpha value is -2.56. The van der Waals surface area contributed by atoms with Gasteiger partial charge in [0.2, 0.25) is 5.91 Å². The van der Waals surface area contributed by atoms with E-state index in [1.165, 1.54) is 0 Å². The van der Waals surface area contributed by atoms with E-state index in [1.807, 2.05) is 24.3 Å². The molecule has 1 aromatic carbocycles. The summed E-state index contributed by atoms with van der Waals surface area (Å²) >= 11 is 0. The van der Waals surface area contributed by atoms with Gasteiger partial charge >= 0.3 is 5.97 Å². The summed E-state index contributed by atoms with van der Waals surface area (Å²) in [6.45, 7) is 3.56. The maximum absolute atomic E-state index is 12.0. The van der Waals surface area contributed by atoms with Gasteiger partial charge in [0, 0.05) is 17.1 Å². The number of aromatic nitrogens is 1. The van der Waals surface area contributed by atoms with Crippen LogP contribution in [0.5, 0.6) is 0 Å². The molecule has 0 saturated carbocycles. The second-order valence-corrected chi connectivity index (χ2v) is 4.86. The van der Waals surface area contributed by atoms with Gasteiger partial charge < -0.3 is 15.4 Å². The molecule has 2 aromatic rings. The maximum atomic E-state index is 12.0. The minimum Gasteiger partial charge on any atom is -0.480 e. The molecule has 1 unspecified atom stereocenters. The lowest BCUT2D eigenvalue weighted by Crippen LogP contribution is -2.41. The molecule has 0 aliphatic heterocycles. The molecule has 0 saturated heterocycles. The van der Waals surface area contributed by atoms with Gasteiger partial charge in [-0.15, -0.1) is 6.58 Å². The predicted molar refractivity (Wildman–Crippen MR) is 81.0 cm³/mol. The molecule has 0 bridgehead atoms. The van der Waals surface area contributed by atoms with Gasteiger partial charge in [0.25, 0.3) is 0 Å². The number of amides is 1. The van der Waals surface area contributed by atoms with E-state index in [0.29, 0.717) is 12.8 Å². The van der Waals surface area contributed by atoms with Crippen molar-refractivity contribution >= 4 is 22.8 Å². The molecule has 3 N–H and O–H groups in total. The third kappa shape index (κ3) is 3.72. The smallest absolute Gasteiger partial charge is 0.326 e. The van der Waals surface area contributed by atoms with Crippen LogP contribution in [0, 0.1) is 0 Å². The van der Waals surface area contributed by atoms with Crippen molar-refractivity contribution in [1.29, 1.82) is 0 Å². The van der Waals surface area contributed by atoms with E-state index in [4.69, 9.17) is 5.11 Å². The summed E-state index contributed by atoms with van der Waals surface area (Å²) in [7, 11) is 0. The highest BCUT2D eigenvalue weighted by atomic mass is 16.4. The quantitative estimate of drug-likeness (QED) is 0.683. The summed E-state index contributed by atoms with van der Waals surface area (Å²) in [4.78, 5) is 26.2. The molecule has 2 rings (SSSR count). The summed E-state index contributed by atoms with van der Waals surface area (Å²) < 4.78 is 0. The molecule has 5 heteroatoms. The van der Waals surface area contributed by atoms with Gasteiger partial charge in [-0.1, -0.05) is 24.3 Å². The standard InChI is InChI=1S/C16H18N2O3/c1-2-3-7-14(16(20)21)18-15(19)9-11-10-17-13-8-5-4-6-12(11)13/h2,4-6,8,10,14,17H,1,3,7,9H2,(H,18,19)(H,20,21). The van der Waals surface area contributed by atoms with Crippen LogP contribution in [-0.2, 0) is 16.0 Å². The van der Waals surface area contributed by atoms with Gasteiger partial charge in [-0.2, -0.15) is 0 Å². The molecule has 0 radical (unpaired) electrons. The van der Waals surface area contributed by atoms with Crippen molar-refractivity contribution in [1.82, 2.24) is 10.3 Å². The molecular weight excluding hydrogens is 268 g/mol. The van der Waals surface area contributed by atoms with Crippen LogP contribution >= 0.6 is 0 Å². The van der Waals surface area contributed by atoms with Crippen LogP contribution in [-0.4, -0.2) is 28.0 Å². The molecule has 110 valence electrons. The fourth-order valence-electron chi connectivity index (χ4n) is 2.24. The Labute approximate surface area is 122 Å². The third-order valence-electron chi connectivity index (χ3n) is 3.32. The van der Waals surface area contributed by atoms with Crippen molar-refractivity contribution in [3.8, 4) is 0 Å². The average Bonchev–Trinajstić information content (AvgIpc) is 2.86. The first kappa shape index (κ1) is 14.8. The van der Waals surface area contributed by atoms with Crippen molar-refractivity contribution in [3.63, 3.8) is 0 Å². The van der Waals surface area contributed by atoms with Crippen LogP contribution in [0.1, 0.15) is 18.4 Å². The summed E-state index contributed by atoms with van der Waals surface area (Å²) in [5.41, 5.74) is 1.82. The zero-order chi connectivity index (χ0) is 15.2. The van der Waals surface area contributed by atoms with Gasteiger partial charge in [0.1, 0.15) is 6.04 Å². The number of aliphatic carboxylic acids is 1. The first-order chi connectivity index (χ1) is 10.1. The number of hydrogen-bond acceptors (Lipinski definition) is 2. The molecule has 0 aliphatic carbocycles. The monoisotopic (exact) mass is 286 g/mol. The van der Waals surface area contributed by atoms with Crippen LogP contribution < -0.4 is 5.32 Å². The number of aromatic amines is 1. The number of allylic oxidation sites excluding steroid dienone is 1. The normalized spacial score (nSPS) is 12.0. The number of rotatable bonds is 7. The number of fused-ring (bicyclic) bond motifs is 1. The van der Waals surface area contributed by atoms with Crippen molar-refractivity contribution in [2.75, 3.05) is 0 Å². The molecular formula is C16H18N2O3. The summed E-state index contributed by atoms with van der Waals surface area (Å²) in [5.74, 6) is -1.32. The van der Waals surface area contributed by atoms with E-state index in [-0.39, 0.29) is 12.3 Å². The van der Waals surface area contributed by atoms with Gasteiger partial charge in [-0.25, -0.2) is 4.79 Å². The zero-order valence-electron chi connectivity index (χ0n) is 11.6. The SMILES string of the molecule is C=CCCC(NC(=O)Cc1c[nH]c2ccccc12)C(=O)O. The van der Waals surface area contributed by atoms with Crippen molar-refractivity contribution in [2.24, 2.45) is 0 Å². The highest BCUT2D eigenvalue weighted by Crippen LogP contribution is 2.18. The highest BCUT2D eigenvalue weighted by Gasteiger charge is 2.19. The maximum Gasteiger partial charge on any atom is 0.326 e. The number of benzene rings is 1. The van der Waals surface area contributed by atoms with E-state index in [2.05, 4.69) is 16.9 Å². The Morgan fingerprint density at radius 2 is 2.14 bits per heavy atom. The summed E-state index contributed by atoms with van der Waals surface area (Å²) in [5, 5.41) is 12.6. The van der Waals surface area contributed by atoms with E-state index < -0.39 is 12.0 Å². The lowest BCUT2D eigenvalue weighted by Gasteiger charge is -2.13. The molecule has 1 amide bonds. The van der Waals surface area contributed by atoms with Crippen molar-refractivity contribution in [2.45, 2.75) is 25.3 Å². The molecule has 0 fully saturated rings. The topological polar surface area (TPSA) is 82.2 Å². The second kappa shape index (κ2) is 6.74. The fourth-order valence-corrected chi connectivity index (χ4v) is 2.24. The molecule has 0 aliphatic rings. The van der Waals surface area contributed by atoms with Crippen molar-refractivity contribution in [3.05, 3.63) is 48.7 Å². The minimum absolute atomic E-state index is 0.155. The molecule has 1 aromatic heterocycles. The number of nitrogens with one attached hydrogen (secondary N) is 2. The number of carbonyl (C=O) groups excluding carboxylic acids is 1. The van der Waals surface area contributed by atoms with Crippen LogP contribution in [0.2, 0.25) is 0 Å². The van der Waals surface area contributed by atoms with E-state index >= 15 is 0 Å². The van der Waals surface area contributed by atoms with Crippen LogP contribution in [0.25, 0.3) is 10.9 Å². The highest BCUT2D eigenvalue weighted by molar-refractivity contribution is 5.90. The van der Waals surface area contributed by atoms with Crippen LogP contribution in [0.4, 0.5) is 0 Å². The number of carboxylic acids is 1. The zero-order valence-corrected chi connectivity index (χ0v) is 11.6. The Morgan fingerprint density at radius 1 is 1.38 bits per heavy atom. The van der Waals surface area contributed by atoms with Gasteiger partial charge in [0.15, 0.2) is 0 Å². The lowest BCUT2D eigenvalue weighted by molar-refractivity contribution is -0.141. The first-order valence-electron chi connectivity index (χ1n) is 6.80. The van der Waals surface area contributed by atoms with Crippen molar-refractivity contribution < 1.29 is 14.7 Å². The number of hydrogen-bond donors (Lipinski definition) is 3. The van der Waals surface area contributed by atoms with E-state index in [9.17, 15) is 9.59 Å². The van der Waals surface area contributed by atoms with Gasteiger partial charge in [0.05, 0.1) is 6.42 Å². The summed E-state index contributed by atoms with van der Waals surface area (Å²) in [6, 6.07) is 6.81. The number of para-hydroxylation sites is 1. The Balaban J connectivity index is 2.03. The number of H-pyrrole nitrogens is 1. The summed E-state index contributed by atoms with van der Waals surface area (Å²) in [6.07, 6.45) is 4.47. The van der Waals surface area contributed by atoms with Gasteiger partial charge in [-0.3, -0.25) is 4.79 Å². The molecule has 5 nitrogen and oxygen atoms in total. The Morgan fingerprint density at radius 3 is 2.86 bits per heavy atom. The van der Waals surface area contributed by atoms with E-state index in [0.717, 1.165) is 16.5 Å². The molecule has 21 heavy (non-hydrogen) atoms. The second-order valence-electron chi connectivity index (χ2n) is 4.86. The lowest BCUT2D eigenvalue weighted by atomic mass is 10.1. The predicted octanol–water partition coefficient (Wildman–Crippen LogP) is 2.25. The third-order valence-corrected chi connectivity index (χ3v) is 3.32. The fraction of sp³-hybridized carbons (Fsp3) is 0.250. The first-order valence-corrected chi connectivity index (χ1v) is 6.80. The molecule has 0 spiro atoms. The average molecular weight is 286 g/mol. The number of carboxylic acid groups (broad SMARTS) is 1. The van der Waals surface area contributed by atoms with Crippen LogP contribution in [0.15, 0.2) is 43.1 Å². The molecule has 1 heterocycles. The largest absolute Gasteiger partial charge is 0.480 e. The Kier molecular flexibility index (Phi) is 4.77. The minimum atomic E-state index is -1.02. The number of carbonyl (C=O) groups is 2. The van der Waals surface area contributed by atoms with Crippen LogP contribution in [0.3, 0.4) is 0 Å². The molecule has 1 atom stereocenters. The van der Waals surface area contributed by atoms with E-state index in [1.54, 1.807) is 12.3 Å². The van der Waals surface area contributed by atoms with Gasteiger partial charge in [-0.05, 0) is 24.5 Å². The Bertz CT molecular complexity index is 660.